The highest BCUT2D eigenvalue weighted by molar-refractivity contribution is 6.04. The quantitative estimate of drug-likeness (QED) is 0.804. The monoisotopic (exact) mass is 323 g/mol. The lowest BCUT2D eigenvalue weighted by molar-refractivity contribution is 0.0781. The van der Waals surface area contributed by atoms with Crippen LogP contribution in [0.1, 0.15) is 16.1 Å². The van der Waals surface area contributed by atoms with Crippen molar-refractivity contribution in [3.63, 3.8) is 0 Å². The minimum atomic E-state index is -0.123. The molecule has 2 heterocycles. The van der Waals surface area contributed by atoms with Crippen molar-refractivity contribution < 1.29 is 14.3 Å². The molecule has 0 spiro atoms. The number of H-pyrrole nitrogens is 1. The van der Waals surface area contributed by atoms with Gasteiger partial charge in [-0.15, -0.1) is 0 Å². The molecule has 1 amide bonds. The molecule has 1 N–H and O–H groups in total. The number of benzene rings is 2. The number of aromatic amines is 1. The van der Waals surface area contributed by atoms with Crippen molar-refractivity contribution in [1.29, 1.82) is 0 Å². The average Bonchev–Trinajstić information content (AvgIpc) is 3.05. The molecule has 0 atom stereocenters. The van der Waals surface area contributed by atoms with Crippen molar-refractivity contribution in [2.24, 2.45) is 0 Å². The number of aromatic nitrogens is 2. The molecule has 4 rings (SSSR count). The Morgan fingerprint density at radius 1 is 1.17 bits per heavy atom. The van der Waals surface area contributed by atoms with Crippen LogP contribution in [0.4, 0.5) is 0 Å². The van der Waals surface area contributed by atoms with Crippen molar-refractivity contribution in [3.05, 3.63) is 53.7 Å². The van der Waals surface area contributed by atoms with Crippen LogP contribution in [0.3, 0.4) is 0 Å². The van der Waals surface area contributed by atoms with Gasteiger partial charge in [0.25, 0.3) is 5.91 Å². The van der Waals surface area contributed by atoms with Gasteiger partial charge in [-0.2, -0.15) is 5.10 Å². The summed E-state index contributed by atoms with van der Waals surface area (Å²) >= 11 is 0. The fraction of sp³-hybridized carbons (Fsp3) is 0.222. The van der Waals surface area contributed by atoms with E-state index in [1.54, 1.807) is 11.9 Å². The predicted molar refractivity (Wildman–Crippen MR) is 89.3 cm³/mol. The number of hydrogen-bond donors (Lipinski definition) is 1. The standard InChI is InChI=1S/C18H17N3O3/c1-21(11-12-6-7-15-16(10-12)24-9-8-23-15)18(22)17-13-4-2-3-5-14(13)19-20-17/h2-7,10H,8-9,11H2,1H3,(H,19,20). The Morgan fingerprint density at radius 2 is 1.96 bits per heavy atom. The van der Waals surface area contributed by atoms with Crippen molar-refractivity contribution >= 4 is 16.8 Å². The summed E-state index contributed by atoms with van der Waals surface area (Å²) in [7, 11) is 1.77. The van der Waals surface area contributed by atoms with Crippen LogP contribution < -0.4 is 9.47 Å². The Hall–Kier alpha value is -3.02. The van der Waals surface area contributed by atoms with E-state index in [0.29, 0.717) is 25.5 Å². The number of carbonyl (C=O) groups is 1. The van der Waals surface area contributed by atoms with Gasteiger partial charge in [-0.3, -0.25) is 9.89 Å². The minimum Gasteiger partial charge on any atom is -0.486 e. The summed E-state index contributed by atoms with van der Waals surface area (Å²) in [4.78, 5) is 14.3. The number of nitrogens with one attached hydrogen (secondary N) is 1. The molecule has 2 aromatic carbocycles. The second kappa shape index (κ2) is 5.88. The number of nitrogens with zero attached hydrogens (tertiary/aromatic N) is 2. The lowest BCUT2D eigenvalue weighted by Gasteiger charge is -2.21. The second-order valence-corrected chi connectivity index (χ2v) is 5.76. The molecule has 0 saturated carbocycles. The number of rotatable bonds is 3. The van der Waals surface area contributed by atoms with Crippen LogP contribution >= 0.6 is 0 Å². The van der Waals surface area contributed by atoms with Gasteiger partial charge in [0.1, 0.15) is 13.2 Å². The average molecular weight is 323 g/mol. The molecule has 0 unspecified atom stereocenters. The SMILES string of the molecule is CN(Cc1ccc2c(c1)OCCO2)C(=O)c1n[nH]c2ccccc12. The third kappa shape index (κ3) is 2.56. The van der Waals surface area contributed by atoms with E-state index < -0.39 is 0 Å². The van der Waals surface area contributed by atoms with Gasteiger partial charge >= 0.3 is 0 Å². The van der Waals surface area contributed by atoms with Crippen LogP contribution in [-0.2, 0) is 6.54 Å². The maximum absolute atomic E-state index is 12.7. The zero-order valence-corrected chi connectivity index (χ0v) is 13.3. The Bertz CT molecular complexity index is 903. The maximum atomic E-state index is 12.7. The normalized spacial score (nSPS) is 13.0. The summed E-state index contributed by atoms with van der Waals surface area (Å²) in [5.74, 6) is 1.35. The molecule has 0 bridgehead atoms. The number of fused-ring (bicyclic) bond motifs is 2. The van der Waals surface area contributed by atoms with Gasteiger partial charge in [0.05, 0.1) is 5.52 Å². The van der Waals surface area contributed by atoms with Gasteiger partial charge in [-0.25, -0.2) is 0 Å². The number of carbonyl (C=O) groups excluding carboxylic acids is 1. The van der Waals surface area contributed by atoms with Crippen LogP contribution in [0.5, 0.6) is 11.5 Å². The van der Waals surface area contributed by atoms with Crippen LogP contribution in [0.15, 0.2) is 42.5 Å². The van der Waals surface area contributed by atoms with Crippen molar-refractivity contribution in [1.82, 2.24) is 15.1 Å². The first-order valence-electron chi connectivity index (χ1n) is 7.79. The number of para-hydroxylation sites is 1. The van der Waals surface area contributed by atoms with Crippen LogP contribution in [0, 0.1) is 0 Å². The van der Waals surface area contributed by atoms with Crippen molar-refractivity contribution in [2.75, 3.05) is 20.3 Å². The smallest absolute Gasteiger partial charge is 0.275 e. The molecule has 0 fully saturated rings. The zero-order chi connectivity index (χ0) is 16.5. The fourth-order valence-corrected chi connectivity index (χ4v) is 2.84. The largest absolute Gasteiger partial charge is 0.486 e. The van der Waals surface area contributed by atoms with Gasteiger partial charge in [-0.1, -0.05) is 24.3 Å². The molecule has 1 aliphatic rings. The Balaban J connectivity index is 1.55. The molecular formula is C18H17N3O3. The first kappa shape index (κ1) is 14.6. The highest BCUT2D eigenvalue weighted by atomic mass is 16.6. The summed E-state index contributed by atoms with van der Waals surface area (Å²) < 4.78 is 11.1. The summed E-state index contributed by atoms with van der Waals surface area (Å²) in [6, 6.07) is 13.3. The van der Waals surface area contributed by atoms with E-state index in [0.717, 1.165) is 28.0 Å². The van der Waals surface area contributed by atoms with Crippen LogP contribution in [0.25, 0.3) is 10.9 Å². The summed E-state index contributed by atoms with van der Waals surface area (Å²) in [6.07, 6.45) is 0. The molecule has 0 aliphatic carbocycles. The molecule has 3 aromatic rings. The molecule has 0 radical (unpaired) electrons. The molecule has 1 aromatic heterocycles. The molecule has 6 nitrogen and oxygen atoms in total. The molecule has 0 saturated heterocycles. The van der Waals surface area contributed by atoms with Gasteiger partial charge in [0.2, 0.25) is 0 Å². The first-order chi connectivity index (χ1) is 11.7. The highest BCUT2D eigenvalue weighted by Gasteiger charge is 2.19. The molecule has 24 heavy (non-hydrogen) atoms. The third-order valence-electron chi connectivity index (χ3n) is 4.05. The molecule has 1 aliphatic heterocycles. The molecule has 6 heteroatoms. The zero-order valence-electron chi connectivity index (χ0n) is 13.3. The highest BCUT2D eigenvalue weighted by Crippen LogP contribution is 2.31. The van der Waals surface area contributed by atoms with Crippen molar-refractivity contribution in [2.45, 2.75) is 6.54 Å². The third-order valence-corrected chi connectivity index (χ3v) is 4.05. The number of hydrogen-bond acceptors (Lipinski definition) is 4. The molecule has 122 valence electrons. The topological polar surface area (TPSA) is 67.5 Å². The van der Waals surface area contributed by atoms with E-state index >= 15 is 0 Å². The van der Waals surface area contributed by atoms with E-state index in [1.165, 1.54) is 0 Å². The maximum Gasteiger partial charge on any atom is 0.275 e. The van der Waals surface area contributed by atoms with E-state index in [9.17, 15) is 4.79 Å². The summed E-state index contributed by atoms with van der Waals surface area (Å²) in [5, 5.41) is 7.89. The summed E-state index contributed by atoms with van der Waals surface area (Å²) in [5.41, 5.74) is 2.27. The number of amides is 1. The molecular weight excluding hydrogens is 306 g/mol. The van der Waals surface area contributed by atoms with Crippen molar-refractivity contribution in [3.8, 4) is 11.5 Å². The lowest BCUT2D eigenvalue weighted by Crippen LogP contribution is -2.26. The number of ether oxygens (including phenoxy) is 2. The minimum absolute atomic E-state index is 0.123. The van der Waals surface area contributed by atoms with Gasteiger partial charge < -0.3 is 14.4 Å². The van der Waals surface area contributed by atoms with E-state index in [1.807, 2.05) is 42.5 Å². The lowest BCUT2D eigenvalue weighted by atomic mass is 10.1. The van der Waals surface area contributed by atoms with Crippen LogP contribution in [-0.4, -0.2) is 41.3 Å². The Morgan fingerprint density at radius 3 is 2.83 bits per heavy atom. The van der Waals surface area contributed by atoms with Gasteiger partial charge in [0, 0.05) is 19.0 Å². The first-order valence-corrected chi connectivity index (χ1v) is 7.79. The Labute approximate surface area is 139 Å². The predicted octanol–water partition coefficient (Wildman–Crippen LogP) is 2.61. The summed E-state index contributed by atoms with van der Waals surface area (Å²) in [6.45, 7) is 1.58. The van der Waals surface area contributed by atoms with E-state index in [-0.39, 0.29) is 5.91 Å². The van der Waals surface area contributed by atoms with Gasteiger partial charge in [0.15, 0.2) is 17.2 Å². The Kier molecular flexibility index (Phi) is 3.57. The van der Waals surface area contributed by atoms with E-state index in [2.05, 4.69) is 10.2 Å². The second-order valence-electron chi connectivity index (χ2n) is 5.76. The van der Waals surface area contributed by atoms with Crippen LogP contribution in [0.2, 0.25) is 0 Å². The van der Waals surface area contributed by atoms with Gasteiger partial charge in [-0.05, 0) is 23.8 Å². The fourth-order valence-electron chi connectivity index (χ4n) is 2.84. The van der Waals surface area contributed by atoms with E-state index in [4.69, 9.17) is 9.47 Å².